The van der Waals surface area contributed by atoms with Gasteiger partial charge in [-0.15, -0.1) is 0 Å². The van der Waals surface area contributed by atoms with Crippen LogP contribution in [-0.2, 0) is 16.4 Å². The molecule has 1 aliphatic heterocycles. The van der Waals surface area contributed by atoms with Gasteiger partial charge in [-0.2, -0.15) is 0 Å². The summed E-state index contributed by atoms with van der Waals surface area (Å²) in [7, 11) is -0.913. The molecule has 2 rings (SSSR count). The predicted octanol–water partition coefficient (Wildman–Crippen LogP) is 1.61. The van der Waals surface area contributed by atoms with Crippen molar-refractivity contribution in [2.75, 3.05) is 18.6 Å². The topological polar surface area (TPSA) is 63.2 Å². The molecule has 5 nitrogen and oxygen atoms in total. The van der Waals surface area contributed by atoms with Crippen LogP contribution in [0.4, 0.5) is 0 Å². The minimum absolute atomic E-state index is 0.238. The first-order valence-corrected chi connectivity index (χ1v) is 8.76. The lowest BCUT2D eigenvalue weighted by Crippen LogP contribution is -2.44. The molecule has 2 heterocycles. The second-order valence-electron chi connectivity index (χ2n) is 6.30. The van der Waals surface area contributed by atoms with Crippen molar-refractivity contribution in [1.29, 1.82) is 0 Å². The Hall–Kier alpha value is -1.01. The zero-order valence-corrected chi connectivity index (χ0v) is 13.4. The Labute approximate surface area is 121 Å². The smallest absolute Gasteiger partial charge is 0.152 e. The molecular weight excluding hydrogens is 274 g/mol. The second kappa shape index (κ2) is 5.41. The predicted molar refractivity (Wildman–Crippen MR) is 79.3 cm³/mol. The Morgan fingerprint density at radius 1 is 1.35 bits per heavy atom. The van der Waals surface area contributed by atoms with Crippen molar-refractivity contribution in [3.63, 3.8) is 0 Å². The van der Waals surface area contributed by atoms with E-state index in [0.717, 1.165) is 11.4 Å². The van der Waals surface area contributed by atoms with Crippen molar-refractivity contribution in [2.45, 2.75) is 45.2 Å². The highest BCUT2D eigenvalue weighted by molar-refractivity contribution is 7.91. The summed E-state index contributed by atoms with van der Waals surface area (Å²) in [6.07, 6.45) is 4.37. The maximum Gasteiger partial charge on any atom is 0.152 e. The van der Waals surface area contributed by atoms with Crippen molar-refractivity contribution in [1.82, 2.24) is 14.9 Å². The summed E-state index contributed by atoms with van der Waals surface area (Å²) in [4.78, 5) is 10.8. The molecule has 1 atom stereocenters. The largest absolute Gasteiger partial charge is 0.296 e. The molecule has 1 aromatic rings. The summed E-state index contributed by atoms with van der Waals surface area (Å²) in [6, 6.07) is 0. The molecule has 1 saturated heterocycles. The van der Waals surface area contributed by atoms with Gasteiger partial charge in [0, 0.05) is 36.0 Å². The molecule has 1 unspecified atom stereocenters. The van der Waals surface area contributed by atoms with Gasteiger partial charge in [-0.05, 0) is 20.4 Å². The van der Waals surface area contributed by atoms with Crippen LogP contribution in [0.5, 0.6) is 0 Å². The Kier molecular flexibility index (Phi) is 4.16. The molecule has 1 fully saturated rings. The molecule has 112 valence electrons. The Morgan fingerprint density at radius 2 is 1.95 bits per heavy atom. The summed E-state index contributed by atoms with van der Waals surface area (Å²) in [5, 5.41) is 0. The third-order valence-corrected chi connectivity index (χ3v) is 5.95. The van der Waals surface area contributed by atoms with Crippen LogP contribution in [-0.4, -0.2) is 47.4 Å². The lowest BCUT2D eigenvalue weighted by molar-refractivity contribution is 0.154. The van der Waals surface area contributed by atoms with Crippen LogP contribution < -0.4 is 0 Å². The van der Waals surface area contributed by atoms with Gasteiger partial charge in [-0.25, -0.2) is 18.4 Å². The van der Waals surface area contributed by atoms with E-state index in [1.165, 1.54) is 0 Å². The first-order chi connectivity index (χ1) is 9.22. The average Bonchev–Trinajstić information content (AvgIpc) is 2.65. The Bertz CT molecular complexity index is 569. The Morgan fingerprint density at radius 3 is 2.40 bits per heavy atom. The average molecular weight is 297 g/mol. The van der Waals surface area contributed by atoms with E-state index in [1.807, 2.05) is 26.4 Å². The van der Waals surface area contributed by atoms with Crippen molar-refractivity contribution < 1.29 is 8.42 Å². The van der Waals surface area contributed by atoms with Crippen LogP contribution in [0.2, 0.25) is 0 Å². The van der Waals surface area contributed by atoms with Crippen molar-refractivity contribution in [3.05, 3.63) is 23.8 Å². The fraction of sp³-hybridized carbons (Fsp3) is 0.714. The van der Waals surface area contributed by atoms with Crippen molar-refractivity contribution in [3.8, 4) is 0 Å². The maximum atomic E-state index is 11.7. The quantitative estimate of drug-likeness (QED) is 0.845. The number of sulfone groups is 1. The van der Waals surface area contributed by atoms with E-state index < -0.39 is 9.84 Å². The molecule has 0 bridgehead atoms. The maximum absolute atomic E-state index is 11.7. The second-order valence-corrected chi connectivity index (χ2v) is 8.48. The molecule has 0 saturated carbocycles. The third-order valence-electron chi connectivity index (χ3n) is 4.07. The lowest BCUT2D eigenvalue weighted by atomic mass is 9.99. The fourth-order valence-electron chi connectivity index (χ4n) is 2.50. The standard InChI is InChI=1S/C14H23N3O2S/c1-11(2)13-15-7-12(8-16-13)9-17(4)14(3)5-6-20(18,19)10-14/h7-8,11H,5-6,9-10H2,1-4H3. The van der Waals surface area contributed by atoms with E-state index in [9.17, 15) is 8.42 Å². The van der Waals surface area contributed by atoms with Gasteiger partial charge in [0.15, 0.2) is 9.84 Å². The molecule has 0 radical (unpaired) electrons. The van der Waals surface area contributed by atoms with Crippen LogP contribution in [0.3, 0.4) is 0 Å². The summed E-state index contributed by atoms with van der Waals surface area (Å²) in [6.45, 7) is 6.81. The molecule has 1 aromatic heterocycles. The third kappa shape index (κ3) is 3.35. The molecule has 6 heteroatoms. The van der Waals surface area contributed by atoms with Gasteiger partial charge in [0.05, 0.1) is 11.5 Å². The zero-order chi connectivity index (χ0) is 15.0. The summed E-state index contributed by atoms with van der Waals surface area (Å²) in [5.41, 5.74) is 0.734. The minimum atomic E-state index is -2.88. The number of aromatic nitrogens is 2. The van der Waals surface area contributed by atoms with E-state index >= 15 is 0 Å². The zero-order valence-electron chi connectivity index (χ0n) is 12.6. The lowest BCUT2D eigenvalue weighted by Gasteiger charge is -2.34. The van der Waals surface area contributed by atoms with Crippen LogP contribution >= 0.6 is 0 Å². The molecule has 0 aromatic carbocycles. The Balaban J connectivity index is 2.06. The molecule has 0 amide bonds. The van der Waals surface area contributed by atoms with Crippen LogP contribution in [0.15, 0.2) is 12.4 Å². The molecule has 1 aliphatic rings. The van der Waals surface area contributed by atoms with Gasteiger partial charge >= 0.3 is 0 Å². The minimum Gasteiger partial charge on any atom is -0.296 e. The molecule has 0 N–H and O–H groups in total. The van der Waals surface area contributed by atoms with Crippen molar-refractivity contribution in [2.24, 2.45) is 0 Å². The highest BCUT2D eigenvalue weighted by atomic mass is 32.2. The normalized spacial score (nSPS) is 25.5. The van der Waals surface area contributed by atoms with Gasteiger partial charge in [0.25, 0.3) is 0 Å². The first-order valence-electron chi connectivity index (χ1n) is 6.94. The van der Waals surface area contributed by atoms with Crippen LogP contribution in [0.1, 0.15) is 44.5 Å². The van der Waals surface area contributed by atoms with Crippen LogP contribution in [0.25, 0.3) is 0 Å². The van der Waals surface area contributed by atoms with E-state index in [2.05, 4.69) is 28.7 Å². The van der Waals surface area contributed by atoms with E-state index in [-0.39, 0.29) is 17.0 Å². The van der Waals surface area contributed by atoms with Crippen LogP contribution in [0, 0.1) is 0 Å². The van der Waals surface area contributed by atoms with Crippen molar-refractivity contribution >= 4 is 9.84 Å². The fourth-order valence-corrected chi connectivity index (χ4v) is 4.71. The van der Waals surface area contributed by atoms with E-state index in [1.54, 1.807) is 0 Å². The van der Waals surface area contributed by atoms with Gasteiger partial charge in [-0.3, -0.25) is 4.90 Å². The summed E-state index contributed by atoms with van der Waals surface area (Å²) in [5.74, 6) is 1.68. The van der Waals surface area contributed by atoms with E-state index in [0.29, 0.717) is 18.9 Å². The monoisotopic (exact) mass is 297 g/mol. The van der Waals surface area contributed by atoms with E-state index in [4.69, 9.17) is 0 Å². The van der Waals surface area contributed by atoms with Gasteiger partial charge in [0.1, 0.15) is 5.82 Å². The number of rotatable bonds is 4. The highest BCUT2D eigenvalue weighted by Gasteiger charge is 2.41. The number of hydrogen-bond donors (Lipinski definition) is 0. The van der Waals surface area contributed by atoms with Gasteiger partial charge < -0.3 is 0 Å². The first kappa shape index (κ1) is 15.4. The number of nitrogens with zero attached hydrogens (tertiary/aromatic N) is 3. The molecule has 0 spiro atoms. The SMILES string of the molecule is CC(C)c1ncc(CN(C)C2(C)CCS(=O)(=O)C2)cn1. The molecule has 20 heavy (non-hydrogen) atoms. The number of hydrogen-bond acceptors (Lipinski definition) is 5. The summed E-state index contributed by atoms with van der Waals surface area (Å²) < 4.78 is 23.3. The van der Waals surface area contributed by atoms with Gasteiger partial charge in [-0.1, -0.05) is 13.8 Å². The summed E-state index contributed by atoms with van der Waals surface area (Å²) >= 11 is 0. The molecular formula is C14H23N3O2S. The van der Waals surface area contributed by atoms with Gasteiger partial charge in [0.2, 0.25) is 0 Å². The highest BCUT2D eigenvalue weighted by Crippen LogP contribution is 2.29. The molecule has 0 aliphatic carbocycles.